The van der Waals surface area contributed by atoms with Gasteiger partial charge in [0.05, 0.1) is 21.2 Å². The van der Waals surface area contributed by atoms with Crippen LogP contribution < -0.4 is 11.1 Å². The van der Waals surface area contributed by atoms with Crippen LogP contribution in [0, 0.1) is 0 Å². The first-order valence-electron chi connectivity index (χ1n) is 7.85. The maximum absolute atomic E-state index is 12.9. The summed E-state index contributed by atoms with van der Waals surface area (Å²) >= 11 is 0. The number of anilines is 2. The van der Waals surface area contributed by atoms with Crippen LogP contribution >= 0.6 is 0 Å². The van der Waals surface area contributed by atoms with Crippen molar-refractivity contribution in [2.45, 2.75) is 42.9 Å². The standard InChI is InChI=1S/C18H22N2O3S/c1-3-4-6-14-7-5-8-15(11-14)24(22,23)16-9-10-17(19)18(12-16)20-13(2)21/h5,7-12H,3-4,6,19H2,1-2H3,(H,20,21). The molecule has 1 amide bonds. The Morgan fingerprint density at radius 1 is 1.12 bits per heavy atom. The molecule has 0 aliphatic heterocycles. The molecule has 24 heavy (non-hydrogen) atoms. The monoisotopic (exact) mass is 346 g/mol. The number of aryl methyl sites for hydroxylation is 1. The SMILES string of the molecule is CCCCc1cccc(S(=O)(=O)c2ccc(N)c(NC(C)=O)c2)c1. The number of benzene rings is 2. The van der Waals surface area contributed by atoms with Crippen molar-refractivity contribution in [2.24, 2.45) is 0 Å². The third-order valence-corrected chi connectivity index (χ3v) is 5.42. The summed E-state index contributed by atoms with van der Waals surface area (Å²) in [5.41, 5.74) is 7.40. The lowest BCUT2D eigenvalue weighted by Gasteiger charge is -2.11. The van der Waals surface area contributed by atoms with Crippen LogP contribution in [-0.4, -0.2) is 14.3 Å². The molecule has 0 aromatic heterocycles. The molecular formula is C18H22N2O3S. The van der Waals surface area contributed by atoms with Gasteiger partial charge in [-0.3, -0.25) is 4.79 Å². The largest absolute Gasteiger partial charge is 0.397 e. The van der Waals surface area contributed by atoms with Crippen LogP contribution in [0.4, 0.5) is 11.4 Å². The first kappa shape index (κ1) is 18.0. The van der Waals surface area contributed by atoms with E-state index in [1.165, 1.54) is 25.1 Å². The van der Waals surface area contributed by atoms with Crippen molar-refractivity contribution in [1.82, 2.24) is 0 Å². The van der Waals surface area contributed by atoms with Crippen molar-refractivity contribution in [3.63, 3.8) is 0 Å². The predicted molar refractivity (Wildman–Crippen MR) is 95.7 cm³/mol. The Morgan fingerprint density at radius 3 is 2.50 bits per heavy atom. The van der Waals surface area contributed by atoms with Gasteiger partial charge in [0.15, 0.2) is 0 Å². The van der Waals surface area contributed by atoms with E-state index in [1.54, 1.807) is 18.2 Å². The van der Waals surface area contributed by atoms with Crippen LogP contribution in [0.5, 0.6) is 0 Å². The van der Waals surface area contributed by atoms with Crippen LogP contribution in [-0.2, 0) is 21.1 Å². The fraction of sp³-hybridized carbons (Fsp3) is 0.278. The zero-order valence-electron chi connectivity index (χ0n) is 13.9. The highest BCUT2D eigenvalue weighted by Crippen LogP contribution is 2.28. The summed E-state index contributed by atoms with van der Waals surface area (Å²) in [5, 5.41) is 2.55. The number of nitrogens with one attached hydrogen (secondary N) is 1. The number of rotatable bonds is 6. The van der Waals surface area contributed by atoms with Gasteiger partial charge in [-0.05, 0) is 48.7 Å². The van der Waals surface area contributed by atoms with E-state index in [1.807, 2.05) is 6.07 Å². The van der Waals surface area contributed by atoms with Crippen molar-refractivity contribution in [3.05, 3.63) is 48.0 Å². The van der Waals surface area contributed by atoms with E-state index < -0.39 is 9.84 Å². The lowest BCUT2D eigenvalue weighted by molar-refractivity contribution is -0.114. The number of carbonyl (C=O) groups is 1. The average molecular weight is 346 g/mol. The Hall–Kier alpha value is -2.34. The molecule has 0 saturated carbocycles. The number of amides is 1. The number of carbonyl (C=O) groups excluding carboxylic acids is 1. The number of nitrogens with two attached hydrogens (primary N) is 1. The summed E-state index contributed by atoms with van der Waals surface area (Å²) in [7, 11) is -3.67. The molecular weight excluding hydrogens is 324 g/mol. The van der Waals surface area contributed by atoms with Crippen molar-refractivity contribution in [1.29, 1.82) is 0 Å². The normalized spacial score (nSPS) is 11.2. The Kier molecular flexibility index (Phi) is 5.62. The third kappa shape index (κ3) is 4.14. The third-order valence-electron chi connectivity index (χ3n) is 3.67. The smallest absolute Gasteiger partial charge is 0.221 e. The zero-order chi connectivity index (χ0) is 17.7. The quantitative estimate of drug-likeness (QED) is 0.785. The molecule has 0 fully saturated rings. The Bertz CT molecular complexity index is 845. The van der Waals surface area contributed by atoms with Crippen LogP contribution in [0.2, 0.25) is 0 Å². The summed E-state index contributed by atoms with van der Waals surface area (Å²) in [6, 6.07) is 11.3. The lowest BCUT2D eigenvalue weighted by atomic mass is 10.1. The van der Waals surface area contributed by atoms with Crippen molar-refractivity contribution in [2.75, 3.05) is 11.1 Å². The van der Waals surface area contributed by atoms with Gasteiger partial charge in [0.1, 0.15) is 0 Å². The van der Waals surface area contributed by atoms with E-state index in [0.29, 0.717) is 11.4 Å². The molecule has 0 heterocycles. The molecule has 0 spiro atoms. The molecule has 2 aromatic carbocycles. The number of nitrogen functional groups attached to an aromatic ring is 1. The van der Waals surface area contributed by atoms with Gasteiger partial charge in [0, 0.05) is 6.92 Å². The molecule has 6 heteroatoms. The topological polar surface area (TPSA) is 89.3 Å². The van der Waals surface area contributed by atoms with Crippen molar-refractivity contribution in [3.8, 4) is 0 Å². The summed E-state index contributed by atoms with van der Waals surface area (Å²) in [5.74, 6) is -0.308. The summed E-state index contributed by atoms with van der Waals surface area (Å²) < 4.78 is 25.7. The fourth-order valence-corrected chi connectivity index (χ4v) is 3.74. The summed E-state index contributed by atoms with van der Waals surface area (Å²) in [4.78, 5) is 11.6. The summed E-state index contributed by atoms with van der Waals surface area (Å²) in [6.45, 7) is 3.44. The fourth-order valence-electron chi connectivity index (χ4n) is 2.39. The first-order chi connectivity index (χ1) is 11.3. The number of hydrogen-bond acceptors (Lipinski definition) is 4. The second-order valence-corrected chi connectivity index (χ2v) is 7.63. The van der Waals surface area contributed by atoms with E-state index in [0.717, 1.165) is 24.8 Å². The molecule has 5 nitrogen and oxygen atoms in total. The van der Waals surface area contributed by atoms with E-state index in [4.69, 9.17) is 5.73 Å². The van der Waals surface area contributed by atoms with Crippen LogP contribution in [0.1, 0.15) is 32.3 Å². The van der Waals surface area contributed by atoms with Gasteiger partial charge in [-0.1, -0.05) is 25.5 Å². The Labute approximate surface area is 142 Å². The molecule has 0 bridgehead atoms. The minimum Gasteiger partial charge on any atom is -0.397 e. The number of hydrogen-bond donors (Lipinski definition) is 2. The molecule has 0 saturated heterocycles. The van der Waals surface area contributed by atoms with Crippen molar-refractivity contribution < 1.29 is 13.2 Å². The molecule has 0 aliphatic rings. The van der Waals surface area contributed by atoms with Crippen LogP contribution in [0.15, 0.2) is 52.3 Å². The number of sulfone groups is 1. The van der Waals surface area contributed by atoms with Gasteiger partial charge in [0.2, 0.25) is 15.7 Å². The average Bonchev–Trinajstić information content (AvgIpc) is 2.54. The highest BCUT2D eigenvalue weighted by molar-refractivity contribution is 7.91. The van der Waals surface area contributed by atoms with Gasteiger partial charge in [-0.25, -0.2) is 8.42 Å². The second kappa shape index (κ2) is 7.49. The molecule has 2 rings (SSSR count). The maximum Gasteiger partial charge on any atom is 0.221 e. The van der Waals surface area contributed by atoms with E-state index in [9.17, 15) is 13.2 Å². The Morgan fingerprint density at radius 2 is 1.83 bits per heavy atom. The highest BCUT2D eigenvalue weighted by atomic mass is 32.2. The van der Waals surface area contributed by atoms with E-state index in [2.05, 4.69) is 12.2 Å². The van der Waals surface area contributed by atoms with Gasteiger partial charge in [0.25, 0.3) is 0 Å². The van der Waals surface area contributed by atoms with Gasteiger partial charge >= 0.3 is 0 Å². The van der Waals surface area contributed by atoms with Gasteiger partial charge < -0.3 is 11.1 Å². The van der Waals surface area contributed by atoms with E-state index >= 15 is 0 Å². The molecule has 0 aliphatic carbocycles. The molecule has 0 unspecified atom stereocenters. The summed E-state index contributed by atoms with van der Waals surface area (Å²) in [6.07, 6.45) is 2.91. The highest BCUT2D eigenvalue weighted by Gasteiger charge is 2.19. The number of unbranched alkanes of at least 4 members (excludes halogenated alkanes) is 1. The lowest BCUT2D eigenvalue weighted by Crippen LogP contribution is -2.10. The molecule has 128 valence electrons. The molecule has 2 aromatic rings. The van der Waals surface area contributed by atoms with Crippen LogP contribution in [0.3, 0.4) is 0 Å². The van der Waals surface area contributed by atoms with Gasteiger partial charge in [-0.15, -0.1) is 0 Å². The molecule has 0 radical (unpaired) electrons. The predicted octanol–water partition coefficient (Wildman–Crippen LogP) is 3.40. The molecule has 0 atom stereocenters. The van der Waals surface area contributed by atoms with E-state index in [-0.39, 0.29) is 15.7 Å². The first-order valence-corrected chi connectivity index (χ1v) is 9.34. The minimum absolute atomic E-state index is 0.105. The maximum atomic E-state index is 12.9. The molecule has 3 N–H and O–H groups in total. The minimum atomic E-state index is -3.67. The van der Waals surface area contributed by atoms with Crippen LogP contribution in [0.25, 0.3) is 0 Å². The van der Waals surface area contributed by atoms with Crippen molar-refractivity contribution >= 4 is 27.1 Å². The second-order valence-electron chi connectivity index (χ2n) is 5.68. The Balaban J connectivity index is 2.42. The van der Waals surface area contributed by atoms with Gasteiger partial charge in [-0.2, -0.15) is 0 Å². The zero-order valence-corrected chi connectivity index (χ0v) is 14.7.